The number of aryl methyl sites for hydroxylation is 2. The molecule has 4 heteroatoms. The maximum Gasteiger partial charge on any atom is 0.227 e. The minimum atomic E-state index is -0.200. The maximum absolute atomic E-state index is 5.85. The van der Waals surface area contributed by atoms with Crippen molar-refractivity contribution in [3.05, 3.63) is 47.6 Å². The van der Waals surface area contributed by atoms with E-state index in [1.807, 2.05) is 25.1 Å². The van der Waals surface area contributed by atoms with Crippen LogP contribution < -0.4 is 0 Å². The number of hydrogen-bond donors (Lipinski definition) is 0. The number of nitrogens with zero attached hydrogens (tertiary/aromatic N) is 2. The van der Waals surface area contributed by atoms with Gasteiger partial charge in [-0.3, -0.25) is 0 Å². The van der Waals surface area contributed by atoms with Crippen molar-refractivity contribution in [1.82, 2.24) is 10.1 Å². The fourth-order valence-electron chi connectivity index (χ4n) is 1.43. The summed E-state index contributed by atoms with van der Waals surface area (Å²) in [6.07, 6.45) is 1.65. The molecule has 0 amide bonds. The van der Waals surface area contributed by atoms with E-state index in [-0.39, 0.29) is 5.38 Å². The van der Waals surface area contributed by atoms with Gasteiger partial charge in [0.2, 0.25) is 5.89 Å². The van der Waals surface area contributed by atoms with Gasteiger partial charge in [0.05, 0.1) is 5.38 Å². The number of alkyl halides is 1. The van der Waals surface area contributed by atoms with Gasteiger partial charge in [0.15, 0.2) is 5.82 Å². The van der Waals surface area contributed by atoms with Crippen LogP contribution in [0.2, 0.25) is 0 Å². The molecule has 2 rings (SSSR count). The van der Waals surface area contributed by atoms with Gasteiger partial charge in [-0.2, -0.15) is 4.98 Å². The van der Waals surface area contributed by atoms with Crippen LogP contribution in [0.3, 0.4) is 0 Å². The zero-order valence-electron chi connectivity index (χ0n) is 9.06. The molecule has 0 saturated carbocycles. The first-order valence-corrected chi connectivity index (χ1v) is 5.70. The van der Waals surface area contributed by atoms with Gasteiger partial charge in [-0.1, -0.05) is 35.5 Å². The van der Waals surface area contributed by atoms with E-state index in [1.54, 1.807) is 0 Å². The second kappa shape index (κ2) is 5.12. The predicted molar refractivity (Wildman–Crippen MR) is 62.4 cm³/mol. The second-order valence-electron chi connectivity index (χ2n) is 3.65. The molecule has 0 saturated heterocycles. The number of halogens is 1. The lowest BCUT2D eigenvalue weighted by Crippen LogP contribution is -1.92. The van der Waals surface area contributed by atoms with Crippen molar-refractivity contribution in [2.75, 3.05) is 0 Å². The number of benzene rings is 1. The molecule has 0 bridgehead atoms. The summed E-state index contributed by atoms with van der Waals surface area (Å²) in [6.45, 7) is 1.83. The SMILES string of the molecule is CC(Cl)c1noc(CCc2ccccc2)n1. The topological polar surface area (TPSA) is 38.9 Å². The van der Waals surface area contributed by atoms with Crippen molar-refractivity contribution in [3.8, 4) is 0 Å². The third-order valence-corrected chi connectivity index (χ3v) is 2.51. The summed E-state index contributed by atoms with van der Waals surface area (Å²) in [5.41, 5.74) is 1.26. The standard InChI is InChI=1S/C12H13ClN2O/c1-9(13)12-14-11(16-15-12)8-7-10-5-3-2-4-6-10/h2-6,9H,7-8H2,1H3. The van der Waals surface area contributed by atoms with Crippen molar-refractivity contribution < 1.29 is 4.52 Å². The van der Waals surface area contributed by atoms with Crippen LogP contribution in [0.15, 0.2) is 34.9 Å². The molecule has 0 N–H and O–H groups in total. The van der Waals surface area contributed by atoms with Gasteiger partial charge in [-0.25, -0.2) is 0 Å². The maximum atomic E-state index is 5.85. The lowest BCUT2D eigenvalue weighted by atomic mass is 10.1. The summed E-state index contributed by atoms with van der Waals surface area (Å²) in [6, 6.07) is 10.2. The van der Waals surface area contributed by atoms with Crippen LogP contribution in [0, 0.1) is 0 Å². The highest BCUT2D eigenvalue weighted by molar-refractivity contribution is 6.20. The van der Waals surface area contributed by atoms with E-state index in [1.165, 1.54) is 5.56 Å². The van der Waals surface area contributed by atoms with Crippen molar-refractivity contribution in [2.45, 2.75) is 25.1 Å². The van der Waals surface area contributed by atoms with E-state index in [0.29, 0.717) is 11.7 Å². The fourth-order valence-corrected chi connectivity index (χ4v) is 1.52. The highest BCUT2D eigenvalue weighted by Gasteiger charge is 2.10. The van der Waals surface area contributed by atoms with E-state index >= 15 is 0 Å². The minimum Gasteiger partial charge on any atom is -0.339 e. The monoisotopic (exact) mass is 236 g/mol. The molecule has 1 aromatic carbocycles. The van der Waals surface area contributed by atoms with Crippen LogP contribution in [0.1, 0.15) is 29.6 Å². The predicted octanol–water partition coefficient (Wildman–Crippen LogP) is 3.15. The summed E-state index contributed by atoms with van der Waals surface area (Å²) in [5, 5.41) is 3.61. The molecule has 16 heavy (non-hydrogen) atoms. The molecular formula is C12H13ClN2O. The molecule has 3 nitrogen and oxygen atoms in total. The lowest BCUT2D eigenvalue weighted by Gasteiger charge is -1.96. The molecule has 1 heterocycles. The van der Waals surface area contributed by atoms with Crippen LogP contribution in [-0.4, -0.2) is 10.1 Å². The largest absolute Gasteiger partial charge is 0.339 e. The summed E-state index contributed by atoms with van der Waals surface area (Å²) in [4.78, 5) is 4.22. The van der Waals surface area contributed by atoms with Gasteiger partial charge < -0.3 is 4.52 Å². The molecular weight excluding hydrogens is 224 g/mol. The van der Waals surface area contributed by atoms with E-state index in [4.69, 9.17) is 16.1 Å². The first-order valence-electron chi connectivity index (χ1n) is 5.26. The third-order valence-electron chi connectivity index (χ3n) is 2.31. The smallest absolute Gasteiger partial charge is 0.227 e. The van der Waals surface area contributed by atoms with Gasteiger partial charge in [-0.05, 0) is 18.9 Å². The Hall–Kier alpha value is -1.35. The first kappa shape index (κ1) is 11.1. The van der Waals surface area contributed by atoms with Gasteiger partial charge in [0, 0.05) is 6.42 Å². The molecule has 0 radical (unpaired) electrons. The molecule has 1 unspecified atom stereocenters. The molecule has 84 valence electrons. The molecule has 1 aromatic heterocycles. The first-order chi connectivity index (χ1) is 7.75. The molecule has 0 aliphatic carbocycles. The van der Waals surface area contributed by atoms with Crippen LogP contribution in [0.5, 0.6) is 0 Å². The summed E-state index contributed by atoms with van der Waals surface area (Å²) in [7, 11) is 0. The Labute approximate surface area is 99.4 Å². The molecule has 0 aliphatic heterocycles. The fraction of sp³-hybridized carbons (Fsp3) is 0.333. The Morgan fingerprint density at radius 3 is 2.62 bits per heavy atom. The van der Waals surface area contributed by atoms with Crippen molar-refractivity contribution in [2.24, 2.45) is 0 Å². The summed E-state index contributed by atoms with van der Waals surface area (Å²) >= 11 is 5.85. The highest BCUT2D eigenvalue weighted by atomic mass is 35.5. The molecule has 2 aromatic rings. The molecule has 0 aliphatic rings. The highest BCUT2D eigenvalue weighted by Crippen LogP contribution is 2.15. The third kappa shape index (κ3) is 2.83. The van der Waals surface area contributed by atoms with Gasteiger partial charge in [0.1, 0.15) is 0 Å². The van der Waals surface area contributed by atoms with Gasteiger partial charge in [0.25, 0.3) is 0 Å². The molecule has 0 spiro atoms. The number of aromatic nitrogens is 2. The minimum absolute atomic E-state index is 0.200. The zero-order valence-corrected chi connectivity index (χ0v) is 9.81. The summed E-state index contributed by atoms with van der Waals surface area (Å²) < 4.78 is 5.10. The van der Waals surface area contributed by atoms with Crippen LogP contribution in [0.4, 0.5) is 0 Å². The normalized spacial score (nSPS) is 12.6. The Morgan fingerprint density at radius 2 is 2.00 bits per heavy atom. The Balaban J connectivity index is 1.95. The van der Waals surface area contributed by atoms with Crippen molar-refractivity contribution in [3.63, 3.8) is 0 Å². The lowest BCUT2D eigenvalue weighted by molar-refractivity contribution is 0.373. The number of rotatable bonds is 4. The Bertz CT molecular complexity index is 439. The van der Waals surface area contributed by atoms with Crippen LogP contribution in [0.25, 0.3) is 0 Å². The average Bonchev–Trinajstić information content (AvgIpc) is 2.76. The molecule has 0 fully saturated rings. The average molecular weight is 237 g/mol. The Kier molecular flexibility index (Phi) is 3.57. The van der Waals surface area contributed by atoms with Gasteiger partial charge >= 0.3 is 0 Å². The molecule has 1 atom stereocenters. The second-order valence-corrected chi connectivity index (χ2v) is 4.30. The number of hydrogen-bond acceptors (Lipinski definition) is 3. The van der Waals surface area contributed by atoms with E-state index in [9.17, 15) is 0 Å². The van der Waals surface area contributed by atoms with Crippen LogP contribution in [-0.2, 0) is 12.8 Å². The van der Waals surface area contributed by atoms with Crippen molar-refractivity contribution in [1.29, 1.82) is 0 Å². The quantitative estimate of drug-likeness (QED) is 0.766. The van der Waals surface area contributed by atoms with Crippen LogP contribution >= 0.6 is 11.6 Å². The summed E-state index contributed by atoms with van der Waals surface area (Å²) in [5.74, 6) is 1.20. The van der Waals surface area contributed by atoms with Gasteiger partial charge in [-0.15, -0.1) is 11.6 Å². The Morgan fingerprint density at radius 1 is 1.25 bits per heavy atom. The van der Waals surface area contributed by atoms with E-state index < -0.39 is 0 Å². The van der Waals surface area contributed by atoms with E-state index in [0.717, 1.165) is 12.8 Å². The van der Waals surface area contributed by atoms with E-state index in [2.05, 4.69) is 22.3 Å². The zero-order chi connectivity index (χ0) is 11.4. The van der Waals surface area contributed by atoms with Crippen molar-refractivity contribution >= 4 is 11.6 Å².